The second-order valence-electron chi connectivity index (χ2n) is 5.44. The summed E-state index contributed by atoms with van der Waals surface area (Å²) in [6.45, 7) is 0.759. The van der Waals surface area contributed by atoms with Crippen LogP contribution < -0.4 is 5.32 Å². The van der Waals surface area contributed by atoms with E-state index in [9.17, 15) is 0 Å². The minimum absolute atomic E-state index is 0.539. The summed E-state index contributed by atoms with van der Waals surface area (Å²) >= 11 is 0. The lowest BCUT2D eigenvalue weighted by atomic mass is 10.1. The van der Waals surface area contributed by atoms with Gasteiger partial charge in [0.1, 0.15) is 11.5 Å². The van der Waals surface area contributed by atoms with Crippen LogP contribution in [0.25, 0.3) is 22.4 Å². The molecule has 4 rings (SSSR count). The van der Waals surface area contributed by atoms with Gasteiger partial charge in [0.05, 0.1) is 5.39 Å². The number of aromatic nitrogens is 3. The lowest BCUT2D eigenvalue weighted by Crippen LogP contribution is -2.06. The average Bonchev–Trinajstić information content (AvgIpc) is 3.07. The summed E-state index contributed by atoms with van der Waals surface area (Å²) in [5.41, 5.74) is 3.43. The largest absolute Gasteiger partial charge is 0.370 e. The van der Waals surface area contributed by atoms with Crippen LogP contribution in [0.1, 0.15) is 5.69 Å². The Morgan fingerprint density at radius 1 is 0.917 bits per heavy atom. The van der Waals surface area contributed by atoms with Crippen molar-refractivity contribution in [2.24, 2.45) is 0 Å². The molecule has 1 aromatic carbocycles. The lowest BCUT2D eigenvalue weighted by molar-refractivity contribution is 0.452. The molecule has 0 radical (unpaired) electrons. The molecule has 0 bridgehead atoms. The molecule has 3 heterocycles. The molecule has 0 aliphatic carbocycles. The van der Waals surface area contributed by atoms with Crippen LogP contribution in [0.2, 0.25) is 0 Å². The molecule has 0 spiro atoms. The summed E-state index contributed by atoms with van der Waals surface area (Å²) in [7, 11) is 0. The maximum absolute atomic E-state index is 5.40. The first-order valence-electron chi connectivity index (χ1n) is 7.86. The molecular weight excluding hydrogens is 300 g/mol. The summed E-state index contributed by atoms with van der Waals surface area (Å²) in [6.07, 6.45) is 2.64. The minimum atomic E-state index is 0.539. The van der Waals surface area contributed by atoms with Crippen molar-refractivity contribution < 1.29 is 4.52 Å². The summed E-state index contributed by atoms with van der Waals surface area (Å²) in [6, 6.07) is 19.8. The number of anilines is 1. The fraction of sp³-hybridized carbons (Fsp3) is 0.105. The van der Waals surface area contributed by atoms with E-state index in [4.69, 9.17) is 4.52 Å². The molecule has 0 saturated carbocycles. The Labute approximate surface area is 139 Å². The molecule has 5 nitrogen and oxygen atoms in total. The highest BCUT2D eigenvalue weighted by atomic mass is 16.5. The summed E-state index contributed by atoms with van der Waals surface area (Å²) in [5.74, 6) is 0.772. The molecule has 0 fully saturated rings. The van der Waals surface area contributed by atoms with Gasteiger partial charge in [-0.15, -0.1) is 0 Å². The van der Waals surface area contributed by atoms with Gasteiger partial charge in [-0.3, -0.25) is 4.98 Å². The number of benzene rings is 1. The van der Waals surface area contributed by atoms with Crippen LogP contribution in [0, 0.1) is 0 Å². The van der Waals surface area contributed by atoms with Crippen LogP contribution in [-0.4, -0.2) is 21.7 Å². The number of nitrogens with zero attached hydrogens (tertiary/aromatic N) is 3. The first-order valence-corrected chi connectivity index (χ1v) is 7.86. The van der Waals surface area contributed by atoms with E-state index in [0.717, 1.165) is 41.1 Å². The van der Waals surface area contributed by atoms with E-state index in [0.29, 0.717) is 5.71 Å². The Balaban J connectivity index is 1.50. The number of rotatable bonds is 5. The predicted octanol–water partition coefficient (Wildman–Crippen LogP) is 3.94. The van der Waals surface area contributed by atoms with Gasteiger partial charge in [0.25, 0.3) is 5.71 Å². The lowest BCUT2D eigenvalue weighted by Gasteiger charge is -2.04. The normalized spacial score (nSPS) is 10.8. The zero-order valence-corrected chi connectivity index (χ0v) is 13.0. The molecule has 24 heavy (non-hydrogen) atoms. The van der Waals surface area contributed by atoms with Crippen molar-refractivity contribution in [3.63, 3.8) is 0 Å². The molecule has 0 saturated heterocycles. The van der Waals surface area contributed by atoms with Crippen molar-refractivity contribution in [2.45, 2.75) is 6.42 Å². The zero-order valence-electron chi connectivity index (χ0n) is 13.0. The molecule has 0 unspecified atom stereocenters. The van der Waals surface area contributed by atoms with Crippen molar-refractivity contribution in [1.29, 1.82) is 0 Å². The van der Waals surface area contributed by atoms with Crippen LogP contribution in [0.15, 0.2) is 71.4 Å². The van der Waals surface area contributed by atoms with Crippen LogP contribution in [0.3, 0.4) is 0 Å². The van der Waals surface area contributed by atoms with Gasteiger partial charge < -0.3 is 9.84 Å². The van der Waals surface area contributed by atoms with Gasteiger partial charge in [-0.1, -0.05) is 41.6 Å². The smallest absolute Gasteiger partial charge is 0.260 e. The Kier molecular flexibility index (Phi) is 3.90. The standard InChI is InChI=1S/C19H16N4O/c1-2-6-14(7-3-1)18-16-9-10-17(22-19(16)24-23-18)21-13-11-15-8-4-5-12-20-15/h1-10,12H,11,13H2,(H,21,22). The summed E-state index contributed by atoms with van der Waals surface area (Å²) in [5, 5.41) is 8.37. The molecule has 118 valence electrons. The number of nitrogens with one attached hydrogen (secondary N) is 1. The number of fused-ring (bicyclic) bond motifs is 1. The molecule has 5 heteroatoms. The minimum Gasteiger partial charge on any atom is -0.370 e. The SMILES string of the molecule is c1ccc(-c2noc3nc(NCCc4ccccn4)ccc23)cc1. The number of hydrogen-bond acceptors (Lipinski definition) is 5. The van der Waals surface area contributed by atoms with Gasteiger partial charge in [0, 0.05) is 30.4 Å². The maximum atomic E-state index is 5.40. The van der Waals surface area contributed by atoms with Crippen molar-refractivity contribution in [1.82, 2.24) is 15.1 Å². The quantitative estimate of drug-likeness (QED) is 0.604. The third kappa shape index (κ3) is 2.96. The van der Waals surface area contributed by atoms with Crippen molar-refractivity contribution in [2.75, 3.05) is 11.9 Å². The molecule has 3 aromatic heterocycles. The van der Waals surface area contributed by atoms with Crippen LogP contribution >= 0.6 is 0 Å². The first kappa shape index (κ1) is 14.4. The van der Waals surface area contributed by atoms with Crippen LogP contribution in [0.4, 0.5) is 5.82 Å². The Morgan fingerprint density at radius 3 is 2.62 bits per heavy atom. The first-order chi connectivity index (χ1) is 11.9. The van der Waals surface area contributed by atoms with Crippen molar-refractivity contribution in [3.05, 3.63) is 72.6 Å². The van der Waals surface area contributed by atoms with Crippen molar-refractivity contribution in [3.8, 4) is 11.3 Å². The maximum Gasteiger partial charge on any atom is 0.260 e. The van der Waals surface area contributed by atoms with Gasteiger partial charge in [0.15, 0.2) is 0 Å². The molecular formula is C19H16N4O. The third-order valence-corrected chi connectivity index (χ3v) is 3.80. The summed E-state index contributed by atoms with van der Waals surface area (Å²) in [4.78, 5) is 8.80. The fourth-order valence-corrected chi connectivity index (χ4v) is 2.60. The Hall–Kier alpha value is -3.21. The molecule has 1 N–H and O–H groups in total. The summed E-state index contributed by atoms with van der Waals surface area (Å²) < 4.78 is 5.40. The van der Waals surface area contributed by atoms with Crippen LogP contribution in [-0.2, 0) is 6.42 Å². The topological polar surface area (TPSA) is 63.8 Å². The van der Waals surface area contributed by atoms with Gasteiger partial charge >= 0.3 is 0 Å². The van der Waals surface area contributed by atoms with Gasteiger partial charge in [-0.05, 0) is 24.3 Å². The second kappa shape index (κ2) is 6.50. The van der Waals surface area contributed by atoms with Gasteiger partial charge in [-0.25, -0.2) is 0 Å². The van der Waals surface area contributed by atoms with E-state index in [1.54, 1.807) is 6.20 Å². The predicted molar refractivity (Wildman–Crippen MR) is 93.7 cm³/mol. The Morgan fingerprint density at radius 2 is 1.79 bits per heavy atom. The zero-order chi connectivity index (χ0) is 16.2. The average molecular weight is 316 g/mol. The number of hydrogen-bond donors (Lipinski definition) is 1. The van der Waals surface area contributed by atoms with E-state index in [1.165, 1.54) is 0 Å². The highest BCUT2D eigenvalue weighted by molar-refractivity contribution is 5.90. The van der Waals surface area contributed by atoms with E-state index < -0.39 is 0 Å². The highest BCUT2D eigenvalue weighted by Gasteiger charge is 2.11. The fourth-order valence-electron chi connectivity index (χ4n) is 2.60. The van der Waals surface area contributed by atoms with E-state index in [1.807, 2.05) is 60.7 Å². The van der Waals surface area contributed by atoms with Crippen LogP contribution in [0.5, 0.6) is 0 Å². The van der Waals surface area contributed by atoms with Gasteiger partial charge in [-0.2, -0.15) is 4.98 Å². The third-order valence-electron chi connectivity index (χ3n) is 3.80. The van der Waals surface area contributed by atoms with Crippen molar-refractivity contribution >= 4 is 16.9 Å². The second-order valence-corrected chi connectivity index (χ2v) is 5.44. The van der Waals surface area contributed by atoms with E-state index in [-0.39, 0.29) is 0 Å². The van der Waals surface area contributed by atoms with E-state index >= 15 is 0 Å². The number of pyridine rings is 2. The molecule has 4 aromatic rings. The van der Waals surface area contributed by atoms with E-state index in [2.05, 4.69) is 20.4 Å². The van der Waals surface area contributed by atoms with Gasteiger partial charge in [0.2, 0.25) is 0 Å². The molecule has 0 atom stereocenters. The monoisotopic (exact) mass is 316 g/mol. The molecule has 0 aliphatic heterocycles. The molecule has 0 amide bonds. The highest BCUT2D eigenvalue weighted by Crippen LogP contribution is 2.27. The molecule has 0 aliphatic rings. The Bertz CT molecular complexity index is 935.